The number of nitrogens with zero attached hydrogens (tertiary/aromatic N) is 2. The summed E-state index contributed by atoms with van der Waals surface area (Å²) in [6.07, 6.45) is 13.5. The van der Waals surface area contributed by atoms with Crippen molar-refractivity contribution in [3.63, 3.8) is 0 Å². The van der Waals surface area contributed by atoms with Crippen LogP contribution in [0.5, 0.6) is 0 Å². The molecule has 1 heterocycles. The van der Waals surface area contributed by atoms with Crippen molar-refractivity contribution >= 4 is 28.2 Å². The van der Waals surface area contributed by atoms with Crippen LogP contribution in [0, 0.1) is 0 Å². The highest BCUT2D eigenvalue weighted by molar-refractivity contribution is 6.31. The normalized spacial score (nSPS) is 11.8. The summed E-state index contributed by atoms with van der Waals surface area (Å²) in [5.74, 6) is 0. The quantitative estimate of drug-likeness (QED) is 0.123. The lowest BCUT2D eigenvalue weighted by molar-refractivity contribution is 0.279. The Balaban J connectivity index is 1.49. The monoisotopic (exact) mass is 502 g/mol. The van der Waals surface area contributed by atoms with Gasteiger partial charge in [-0.3, -0.25) is 4.98 Å². The van der Waals surface area contributed by atoms with Gasteiger partial charge in [0.15, 0.2) is 0 Å². The van der Waals surface area contributed by atoms with Gasteiger partial charge >= 0.3 is 0 Å². The summed E-state index contributed by atoms with van der Waals surface area (Å²) in [6.45, 7) is 12.0. The van der Waals surface area contributed by atoms with E-state index in [9.17, 15) is 0 Å². The number of rotatable bonds is 16. The summed E-state index contributed by atoms with van der Waals surface area (Å²) in [5, 5.41) is 9.01. The minimum Gasteiger partial charge on any atom is -0.383 e. The van der Waals surface area contributed by atoms with Gasteiger partial charge in [-0.2, -0.15) is 0 Å². The second-order valence-electron chi connectivity index (χ2n) is 8.92. The molecule has 4 nitrogen and oxygen atoms in total. The third-order valence-corrected chi connectivity index (χ3v) is 6.29. The van der Waals surface area contributed by atoms with Crippen LogP contribution in [0.1, 0.15) is 31.7 Å². The van der Waals surface area contributed by atoms with E-state index in [4.69, 9.17) is 11.6 Å². The van der Waals surface area contributed by atoms with Gasteiger partial charge in [0, 0.05) is 55.0 Å². The lowest BCUT2D eigenvalue weighted by Gasteiger charge is -2.23. The van der Waals surface area contributed by atoms with E-state index in [2.05, 4.69) is 81.7 Å². The Hall–Kier alpha value is -2.92. The van der Waals surface area contributed by atoms with E-state index >= 15 is 0 Å². The number of fused-ring (bicyclic) bond motifs is 1. The molecule has 0 spiro atoms. The Morgan fingerprint density at radius 1 is 1.03 bits per heavy atom. The number of hydrogen-bond acceptors (Lipinski definition) is 4. The largest absolute Gasteiger partial charge is 0.383 e. The van der Waals surface area contributed by atoms with Crippen molar-refractivity contribution in [1.29, 1.82) is 0 Å². The summed E-state index contributed by atoms with van der Waals surface area (Å²) in [5.41, 5.74) is 4.52. The molecule has 2 aromatic carbocycles. The number of pyridine rings is 1. The van der Waals surface area contributed by atoms with Crippen LogP contribution in [0.2, 0.25) is 5.02 Å². The van der Waals surface area contributed by atoms with Crippen molar-refractivity contribution in [2.75, 3.05) is 38.0 Å². The van der Waals surface area contributed by atoms with E-state index in [0.29, 0.717) is 5.02 Å². The summed E-state index contributed by atoms with van der Waals surface area (Å²) in [7, 11) is 0. The molecule has 0 saturated heterocycles. The molecule has 3 aromatic rings. The Bertz CT molecular complexity index is 1120. The molecule has 0 amide bonds. The maximum absolute atomic E-state index is 6.14. The minimum absolute atomic E-state index is 0.708. The van der Waals surface area contributed by atoms with Crippen LogP contribution in [0.4, 0.5) is 5.69 Å². The fourth-order valence-electron chi connectivity index (χ4n) is 4.09. The second-order valence-corrected chi connectivity index (χ2v) is 9.36. The SMILES string of the molecule is C=C(/C=C\C/C=C\C)CCCN(CCNCc1ccccc1)CCNc1ccnc2cc(Cl)ccc12. The maximum Gasteiger partial charge on any atom is 0.0737 e. The number of benzene rings is 2. The van der Waals surface area contributed by atoms with Gasteiger partial charge in [0.1, 0.15) is 0 Å². The average Bonchev–Trinajstić information content (AvgIpc) is 2.89. The number of halogens is 1. The van der Waals surface area contributed by atoms with Crippen LogP contribution in [0.15, 0.2) is 97.3 Å². The Kier molecular flexibility index (Phi) is 12.3. The molecule has 0 radical (unpaired) electrons. The van der Waals surface area contributed by atoms with Crippen LogP contribution >= 0.6 is 11.6 Å². The lowest BCUT2D eigenvalue weighted by Crippen LogP contribution is -2.36. The molecule has 36 heavy (non-hydrogen) atoms. The van der Waals surface area contributed by atoms with Crippen molar-refractivity contribution in [2.45, 2.75) is 32.7 Å². The third-order valence-electron chi connectivity index (χ3n) is 6.06. The Labute approximate surface area is 221 Å². The van der Waals surface area contributed by atoms with Crippen molar-refractivity contribution in [2.24, 2.45) is 0 Å². The Morgan fingerprint density at radius 2 is 1.86 bits per heavy atom. The fraction of sp³-hybridized carbons (Fsp3) is 0.323. The van der Waals surface area contributed by atoms with Gasteiger partial charge in [-0.05, 0) is 62.6 Å². The van der Waals surface area contributed by atoms with Crippen LogP contribution in [0.25, 0.3) is 10.9 Å². The van der Waals surface area contributed by atoms with Gasteiger partial charge in [0.25, 0.3) is 0 Å². The summed E-state index contributed by atoms with van der Waals surface area (Å²) >= 11 is 6.14. The van der Waals surface area contributed by atoms with Gasteiger partial charge in [-0.15, -0.1) is 0 Å². The van der Waals surface area contributed by atoms with E-state index in [0.717, 1.165) is 75.1 Å². The first kappa shape index (κ1) is 27.7. The maximum atomic E-state index is 6.14. The molecule has 5 heteroatoms. The lowest BCUT2D eigenvalue weighted by atomic mass is 10.1. The predicted molar refractivity (Wildman–Crippen MR) is 157 cm³/mol. The number of aromatic nitrogens is 1. The van der Waals surface area contributed by atoms with E-state index in [1.807, 2.05) is 37.4 Å². The summed E-state index contributed by atoms with van der Waals surface area (Å²) < 4.78 is 0. The first-order valence-corrected chi connectivity index (χ1v) is 13.2. The zero-order valence-corrected chi connectivity index (χ0v) is 22.2. The van der Waals surface area contributed by atoms with Crippen LogP contribution in [-0.4, -0.2) is 42.6 Å². The van der Waals surface area contributed by atoms with E-state index < -0.39 is 0 Å². The number of nitrogens with one attached hydrogen (secondary N) is 2. The van der Waals surface area contributed by atoms with E-state index in [1.165, 1.54) is 11.1 Å². The smallest absolute Gasteiger partial charge is 0.0737 e. The Morgan fingerprint density at radius 3 is 2.69 bits per heavy atom. The highest BCUT2D eigenvalue weighted by atomic mass is 35.5. The van der Waals surface area contributed by atoms with Crippen LogP contribution in [0.3, 0.4) is 0 Å². The van der Waals surface area contributed by atoms with Crippen LogP contribution in [-0.2, 0) is 6.54 Å². The molecule has 0 atom stereocenters. The zero-order chi connectivity index (χ0) is 25.4. The molecule has 0 bridgehead atoms. The van der Waals surface area contributed by atoms with E-state index in [1.54, 1.807) is 0 Å². The standard InChI is InChI=1S/C31H39ClN4/c1-3-4-5-7-11-26(2)12-10-21-36(22-19-33-25-27-13-8-6-9-14-27)23-20-35-30-17-18-34-31-24-28(32)15-16-29(30)31/h3-4,6-9,11,13-18,24,33H,2,5,10,12,19-23,25H2,1H3,(H,34,35)/b4-3-,11-7-. The van der Waals surface area contributed by atoms with Gasteiger partial charge in [-0.1, -0.05) is 78.4 Å². The molecule has 0 fully saturated rings. The third kappa shape index (κ3) is 9.98. The molecule has 190 valence electrons. The fourth-order valence-corrected chi connectivity index (χ4v) is 4.25. The van der Waals surface area contributed by atoms with E-state index in [-0.39, 0.29) is 0 Å². The molecule has 1 aromatic heterocycles. The highest BCUT2D eigenvalue weighted by Gasteiger charge is 2.07. The number of hydrogen-bond donors (Lipinski definition) is 2. The summed E-state index contributed by atoms with van der Waals surface area (Å²) in [4.78, 5) is 6.98. The van der Waals surface area contributed by atoms with Crippen molar-refractivity contribution in [3.8, 4) is 0 Å². The highest BCUT2D eigenvalue weighted by Crippen LogP contribution is 2.24. The number of anilines is 1. The molecule has 2 N–H and O–H groups in total. The first-order chi connectivity index (χ1) is 17.7. The van der Waals surface area contributed by atoms with Gasteiger partial charge in [0.05, 0.1) is 5.52 Å². The minimum atomic E-state index is 0.708. The molecule has 0 saturated carbocycles. The van der Waals surface area contributed by atoms with Crippen molar-refractivity contribution in [3.05, 3.63) is 108 Å². The molecule has 0 aliphatic rings. The van der Waals surface area contributed by atoms with Crippen molar-refractivity contribution < 1.29 is 0 Å². The molecule has 0 aliphatic heterocycles. The van der Waals surface area contributed by atoms with Gasteiger partial charge < -0.3 is 15.5 Å². The van der Waals surface area contributed by atoms with Gasteiger partial charge in [0.2, 0.25) is 0 Å². The first-order valence-electron chi connectivity index (χ1n) is 12.9. The van der Waals surface area contributed by atoms with Crippen LogP contribution < -0.4 is 10.6 Å². The molecular formula is C31H39ClN4. The summed E-state index contributed by atoms with van der Waals surface area (Å²) in [6, 6.07) is 18.5. The predicted octanol–water partition coefficient (Wildman–Crippen LogP) is 7.25. The zero-order valence-electron chi connectivity index (χ0n) is 21.4. The molecule has 0 aliphatic carbocycles. The second kappa shape index (κ2) is 15.9. The molecule has 0 unspecified atom stereocenters. The topological polar surface area (TPSA) is 40.2 Å². The van der Waals surface area contributed by atoms with Gasteiger partial charge in [-0.25, -0.2) is 0 Å². The van der Waals surface area contributed by atoms with Crippen molar-refractivity contribution in [1.82, 2.24) is 15.2 Å². The molecular weight excluding hydrogens is 464 g/mol. The number of allylic oxidation sites excluding steroid dienone is 5. The molecule has 3 rings (SSSR count). The average molecular weight is 503 g/mol.